The van der Waals surface area contributed by atoms with Gasteiger partial charge >= 0.3 is 0 Å². The van der Waals surface area contributed by atoms with Gasteiger partial charge in [-0.25, -0.2) is 9.97 Å². The van der Waals surface area contributed by atoms with Crippen molar-refractivity contribution < 1.29 is 4.79 Å². The molecule has 31 heavy (non-hydrogen) atoms. The molecule has 0 radical (unpaired) electrons. The smallest absolute Gasteiger partial charge is 0.254 e. The zero-order chi connectivity index (χ0) is 21.2. The van der Waals surface area contributed by atoms with Crippen molar-refractivity contribution in [2.75, 3.05) is 6.54 Å². The highest BCUT2D eigenvalue weighted by Gasteiger charge is 2.32. The third-order valence-electron chi connectivity index (χ3n) is 5.43. The highest BCUT2D eigenvalue weighted by Crippen LogP contribution is 2.33. The van der Waals surface area contributed by atoms with E-state index in [2.05, 4.69) is 15.2 Å². The molecule has 1 aliphatic heterocycles. The standard InChI is InChI=1S/C23H19ClN6O/c24-18-6-1-4-16(12-18)22-25-10-9-20(28-22)21-8-3-11-30(21)23(31)17-5-2-7-19(13-17)29-14-26-27-15-29/h1-2,4-7,9-10,12-15,21H,3,8,11H2. The average molecular weight is 431 g/mol. The maximum atomic E-state index is 13.4. The second-order valence-corrected chi connectivity index (χ2v) is 7.83. The van der Waals surface area contributed by atoms with Crippen LogP contribution in [0, 0.1) is 0 Å². The summed E-state index contributed by atoms with van der Waals surface area (Å²) in [5.41, 5.74) is 3.16. The monoisotopic (exact) mass is 430 g/mol. The van der Waals surface area contributed by atoms with E-state index in [1.807, 2.05) is 59.5 Å². The van der Waals surface area contributed by atoms with Gasteiger partial charge in [-0.15, -0.1) is 10.2 Å². The van der Waals surface area contributed by atoms with Crippen LogP contribution in [0.1, 0.15) is 34.9 Å². The first kappa shape index (κ1) is 19.4. The lowest BCUT2D eigenvalue weighted by atomic mass is 10.1. The Balaban J connectivity index is 1.43. The summed E-state index contributed by atoms with van der Waals surface area (Å²) in [4.78, 5) is 24.4. The van der Waals surface area contributed by atoms with Crippen LogP contribution in [0.3, 0.4) is 0 Å². The van der Waals surface area contributed by atoms with E-state index < -0.39 is 0 Å². The fraction of sp³-hybridized carbons (Fsp3) is 0.174. The second-order valence-electron chi connectivity index (χ2n) is 7.39. The van der Waals surface area contributed by atoms with E-state index >= 15 is 0 Å². The molecule has 3 heterocycles. The molecule has 2 aromatic carbocycles. The first-order chi connectivity index (χ1) is 15.2. The third kappa shape index (κ3) is 3.92. The highest BCUT2D eigenvalue weighted by molar-refractivity contribution is 6.30. The molecule has 1 amide bonds. The van der Waals surface area contributed by atoms with Gasteiger partial charge in [0.25, 0.3) is 5.91 Å². The summed E-state index contributed by atoms with van der Waals surface area (Å²) < 4.78 is 1.78. The molecular weight excluding hydrogens is 412 g/mol. The first-order valence-corrected chi connectivity index (χ1v) is 10.4. The minimum atomic E-state index is -0.0907. The lowest BCUT2D eigenvalue weighted by Crippen LogP contribution is -2.31. The number of carbonyl (C=O) groups excluding carboxylic acids is 1. The molecule has 4 aromatic rings. The molecule has 1 aliphatic rings. The van der Waals surface area contributed by atoms with E-state index in [1.54, 1.807) is 23.4 Å². The Morgan fingerprint density at radius 2 is 1.87 bits per heavy atom. The van der Waals surface area contributed by atoms with Crippen molar-refractivity contribution in [3.8, 4) is 17.1 Å². The summed E-state index contributed by atoms with van der Waals surface area (Å²) >= 11 is 6.13. The Kier molecular flexibility index (Phi) is 5.18. The minimum Gasteiger partial charge on any atom is -0.330 e. The topological polar surface area (TPSA) is 76.8 Å². The van der Waals surface area contributed by atoms with Gasteiger partial charge in [-0.05, 0) is 49.2 Å². The van der Waals surface area contributed by atoms with Crippen molar-refractivity contribution in [2.45, 2.75) is 18.9 Å². The molecule has 1 saturated heterocycles. The quantitative estimate of drug-likeness (QED) is 0.481. The second kappa shape index (κ2) is 8.28. The third-order valence-corrected chi connectivity index (χ3v) is 5.66. The van der Waals surface area contributed by atoms with E-state index in [-0.39, 0.29) is 11.9 Å². The van der Waals surface area contributed by atoms with Crippen molar-refractivity contribution in [3.63, 3.8) is 0 Å². The summed E-state index contributed by atoms with van der Waals surface area (Å²) in [5, 5.41) is 8.31. The molecule has 0 saturated carbocycles. The van der Waals surface area contributed by atoms with E-state index in [4.69, 9.17) is 16.6 Å². The number of aromatic nitrogens is 5. The number of likely N-dealkylation sites (tertiary alicyclic amines) is 1. The van der Waals surface area contributed by atoms with Gasteiger partial charge in [0, 0.05) is 34.6 Å². The van der Waals surface area contributed by atoms with Crippen molar-refractivity contribution in [1.82, 2.24) is 29.6 Å². The number of halogens is 1. The van der Waals surface area contributed by atoms with Gasteiger partial charge in [-0.1, -0.05) is 29.8 Å². The molecule has 154 valence electrons. The van der Waals surface area contributed by atoms with E-state index in [0.29, 0.717) is 23.0 Å². The van der Waals surface area contributed by atoms with Crippen LogP contribution in [0.25, 0.3) is 17.1 Å². The van der Waals surface area contributed by atoms with Crippen molar-refractivity contribution in [3.05, 3.63) is 89.7 Å². The van der Waals surface area contributed by atoms with Crippen LogP contribution in [-0.4, -0.2) is 42.1 Å². The maximum absolute atomic E-state index is 13.4. The van der Waals surface area contributed by atoms with E-state index in [9.17, 15) is 4.79 Å². The Labute approximate surface area is 184 Å². The molecule has 8 heteroatoms. The molecule has 0 N–H and O–H groups in total. The largest absolute Gasteiger partial charge is 0.330 e. The van der Waals surface area contributed by atoms with E-state index in [1.165, 1.54) is 0 Å². The summed E-state index contributed by atoms with van der Waals surface area (Å²) in [6, 6.07) is 16.8. The predicted octanol–water partition coefficient (Wildman–Crippen LogP) is 4.36. The summed E-state index contributed by atoms with van der Waals surface area (Å²) in [6.45, 7) is 0.691. The first-order valence-electron chi connectivity index (χ1n) is 10.0. The fourth-order valence-electron chi connectivity index (χ4n) is 3.94. The molecule has 0 aliphatic carbocycles. The molecular formula is C23H19ClN6O. The summed E-state index contributed by atoms with van der Waals surface area (Å²) in [6.07, 6.45) is 6.76. The molecule has 1 unspecified atom stereocenters. The normalized spacial score (nSPS) is 15.9. The lowest BCUT2D eigenvalue weighted by Gasteiger charge is -2.25. The zero-order valence-corrected chi connectivity index (χ0v) is 17.4. The average Bonchev–Trinajstić information content (AvgIpc) is 3.51. The Bertz CT molecular complexity index is 1230. The fourth-order valence-corrected chi connectivity index (χ4v) is 4.13. The van der Waals surface area contributed by atoms with Crippen LogP contribution in [0.4, 0.5) is 0 Å². The molecule has 1 fully saturated rings. The number of hydrogen-bond donors (Lipinski definition) is 0. The summed E-state index contributed by atoms with van der Waals surface area (Å²) in [5.74, 6) is 0.592. The zero-order valence-electron chi connectivity index (χ0n) is 16.6. The van der Waals surface area contributed by atoms with Crippen LogP contribution in [-0.2, 0) is 0 Å². The molecule has 0 bridgehead atoms. The van der Waals surface area contributed by atoms with Gasteiger partial charge in [0.2, 0.25) is 0 Å². The SMILES string of the molecule is O=C(c1cccc(-n2cnnc2)c1)N1CCCC1c1ccnc(-c2cccc(Cl)c2)n1. The van der Waals surface area contributed by atoms with Gasteiger partial charge in [0.15, 0.2) is 5.82 Å². The molecule has 1 atom stereocenters. The Morgan fingerprint density at radius 3 is 2.71 bits per heavy atom. The minimum absolute atomic E-state index is 0.0136. The number of hydrogen-bond acceptors (Lipinski definition) is 5. The molecule has 5 rings (SSSR count). The molecule has 0 spiro atoms. The molecule has 2 aromatic heterocycles. The van der Waals surface area contributed by atoms with Crippen LogP contribution in [0.5, 0.6) is 0 Å². The number of carbonyl (C=O) groups is 1. The van der Waals surface area contributed by atoms with Crippen LogP contribution >= 0.6 is 11.6 Å². The van der Waals surface area contributed by atoms with Crippen LogP contribution in [0.2, 0.25) is 5.02 Å². The number of rotatable bonds is 4. The predicted molar refractivity (Wildman–Crippen MR) is 117 cm³/mol. The van der Waals surface area contributed by atoms with E-state index in [0.717, 1.165) is 29.8 Å². The lowest BCUT2D eigenvalue weighted by molar-refractivity contribution is 0.0733. The van der Waals surface area contributed by atoms with Crippen molar-refractivity contribution >= 4 is 17.5 Å². The van der Waals surface area contributed by atoms with Crippen molar-refractivity contribution in [2.24, 2.45) is 0 Å². The van der Waals surface area contributed by atoms with Crippen LogP contribution < -0.4 is 0 Å². The Hall–Kier alpha value is -3.58. The van der Waals surface area contributed by atoms with Gasteiger partial charge in [-0.2, -0.15) is 0 Å². The summed E-state index contributed by atoms with van der Waals surface area (Å²) in [7, 11) is 0. The van der Waals surface area contributed by atoms with Gasteiger partial charge in [0.05, 0.1) is 11.7 Å². The number of amides is 1. The van der Waals surface area contributed by atoms with Gasteiger partial charge < -0.3 is 4.90 Å². The van der Waals surface area contributed by atoms with Crippen LogP contribution in [0.15, 0.2) is 73.4 Å². The molecule has 7 nitrogen and oxygen atoms in total. The van der Waals surface area contributed by atoms with Gasteiger partial charge in [0.1, 0.15) is 12.7 Å². The number of nitrogens with zero attached hydrogens (tertiary/aromatic N) is 6. The highest BCUT2D eigenvalue weighted by atomic mass is 35.5. The Morgan fingerprint density at radius 1 is 1.03 bits per heavy atom. The van der Waals surface area contributed by atoms with Gasteiger partial charge in [-0.3, -0.25) is 9.36 Å². The maximum Gasteiger partial charge on any atom is 0.254 e. The number of benzene rings is 2. The van der Waals surface area contributed by atoms with Crippen molar-refractivity contribution in [1.29, 1.82) is 0 Å².